The van der Waals surface area contributed by atoms with Crippen LogP contribution in [0.25, 0.3) is 0 Å². The fraction of sp³-hybridized carbons (Fsp3) is 0.355. The van der Waals surface area contributed by atoms with Crippen LogP contribution in [0, 0.1) is 13.8 Å². The van der Waals surface area contributed by atoms with Crippen LogP contribution in [0.5, 0.6) is 0 Å². The molecular weight excluding hydrogens is 535 g/mol. The van der Waals surface area contributed by atoms with Crippen LogP contribution < -0.4 is 5.32 Å². The maximum absolute atomic E-state index is 13.8. The average molecular weight is 572 g/mol. The molecule has 0 spiro atoms. The van der Waals surface area contributed by atoms with E-state index >= 15 is 0 Å². The van der Waals surface area contributed by atoms with Gasteiger partial charge in [-0.2, -0.15) is 0 Å². The Balaban J connectivity index is 1.90. The second-order valence-corrected chi connectivity index (χ2v) is 12.5. The van der Waals surface area contributed by atoms with E-state index in [1.165, 1.54) is 16.7 Å². The summed E-state index contributed by atoms with van der Waals surface area (Å²) in [6.45, 7) is 10.2. The van der Waals surface area contributed by atoms with Crippen molar-refractivity contribution in [3.05, 3.63) is 105 Å². The van der Waals surface area contributed by atoms with Crippen LogP contribution in [0.15, 0.2) is 66.7 Å². The Bertz CT molecular complexity index is 1240. The molecule has 202 valence electrons. The molecule has 0 saturated carbocycles. The molecule has 0 saturated heterocycles. The summed E-state index contributed by atoms with van der Waals surface area (Å²) in [6.07, 6.45) is 0.400. The van der Waals surface area contributed by atoms with Crippen molar-refractivity contribution >= 4 is 46.8 Å². The van der Waals surface area contributed by atoms with Gasteiger partial charge in [-0.25, -0.2) is 0 Å². The average Bonchev–Trinajstić information content (AvgIpc) is 2.82. The number of benzene rings is 3. The van der Waals surface area contributed by atoms with Crippen LogP contribution in [0.4, 0.5) is 0 Å². The van der Waals surface area contributed by atoms with E-state index in [4.69, 9.17) is 23.2 Å². The summed E-state index contributed by atoms with van der Waals surface area (Å²) < 4.78 is 0. The summed E-state index contributed by atoms with van der Waals surface area (Å²) in [5.74, 6) is 0.680. The normalized spacial score (nSPS) is 12.2. The highest BCUT2D eigenvalue weighted by molar-refractivity contribution is 7.99. The number of hydrogen-bond donors (Lipinski definition) is 1. The van der Waals surface area contributed by atoms with Gasteiger partial charge in [-0.1, -0.05) is 88.9 Å². The molecule has 1 atom stereocenters. The first-order valence-electron chi connectivity index (χ1n) is 12.7. The lowest BCUT2D eigenvalue weighted by atomic mass is 10.0. The summed E-state index contributed by atoms with van der Waals surface area (Å²) in [4.78, 5) is 29.1. The van der Waals surface area contributed by atoms with E-state index in [2.05, 4.69) is 37.4 Å². The van der Waals surface area contributed by atoms with Gasteiger partial charge < -0.3 is 10.2 Å². The van der Waals surface area contributed by atoms with Gasteiger partial charge in [0.15, 0.2) is 0 Å². The molecule has 3 rings (SSSR count). The van der Waals surface area contributed by atoms with Gasteiger partial charge in [-0.15, -0.1) is 11.8 Å². The van der Waals surface area contributed by atoms with Crippen LogP contribution in [0.1, 0.15) is 48.6 Å². The Morgan fingerprint density at radius 2 is 1.53 bits per heavy atom. The molecule has 4 nitrogen and oxygen atoms in total. The van der Waals surface area contributed by atoms with Crippen LogP contribution in [-0.2, 0) is 28.3 Å². The quantitative estimate of drug-likeness (QED) is 0.276. The first kappa shape index (κ1) is 30.1. The second kappa shape index (κ2) is 13.5. The molecule has 0 aliphatic rings. The molecule has 0 aliphatic carbocycles. The molecule has 3 aromatic rings. The van der Waals surface area contributed by atoms with E-state index in [1.54, 1.807) is 28.8 Å². The maximum Gasteiger partial charge on any atom is 0.243 e. The number of amides is 2. The molecule has 1 N–H and O–H groups in total. The molecule has 38 heavy (non-hydrogen) atoms. The predicted octanol–water partition coefficient (Wildman–Crippen LogP) is 7.40. The zero-order valence-electron chi connectivity index (χ0n) is 22.7. The fourth-order valence-corrected chi connectivity index (χ4v) is 5.50. The molecule has 3 aromatic carbocycles. The number of carbonyl (C=O) groups is 2. The van der Waals surface area contributed by atoms with Gasteiger partial charge in [-0.05, 0) is 63.4 Å². The van der Waals surface area contributed by atoms with Gasteiger partial charge in [0, 0.05) is 24.3 Å². The summed E-state index contributed by atoms with van der Waals surface area (Å²) in [5.41, 5.74) is 4.94. The van der Waals surface area contributed by atoms with Gasteiger partial charge in [-0.3, -0.25) is 9.59 Å². The van der Waals surface area contributed by atoms with Crippen LogP contribution in [0.3, 0.4) is 0 Å². The van der Waals surface area contributed by atoms with E-state index in [9.17, 15) is 9.59 Å². The first-order chi connectivity index (χ1) is 17.9. The highest BCUT2D eigenvalue weighted by Gasteiger charge is 2.32. The second-order valence-electron chi connectivity index (χ2n) is 10.7. The Morgan fingerprint density at radius 3 is 2.13 bits per heavy atom. The monoisotopic (exact) mass is 570 g/mol. The fourth-order valence-electron chi connectivity index (χ4n) is 4.33. The summed E-state index contributed by atoms with van der Waals surface area (Å²) in [6, 6.07) is 20.8. The zero-order valence-corrected chi connectivity index (χ0v) is 25.0. The van der Waals surface area contributed by atoms with Crippen molar-refractivity contribution in [1.82, 2.24) is 10.2 Å². The Morgan fingerprint density at radius 1 is 0.868 bits per heavy atom. The molecular formula is C31H36Cl2N2O2S. The molecule has 0 heterocycles. The third-order valence-corrected chi connectivity index (χ3v) is 7.61. The van der Waals surface area contributed by atoms with Gasteiger partial charge in [0.25, 0.3) is 0 Å². The third-order valence-electron chi connectivity index (χ3n) is 5.88. The summed E-state index contributed by atoms with van der Waals surface area (Å²) >= 11 is 14.0. The van der Waals surface area contributed by atoms with Crippen molar-refractivity contribution in [2.75, 3.05) is 5.75 Å². The third kappa shape index (κ3) is 9.37. The molecule has 0 unspecified atom stereocenters. The van der Waals surface area contributed by atoms with E-state index < -0.39 is 11.6 Å². The Kier molecular flexibility index (Phi) is 10.7. The smallest absolute Gasteiger partial charge is 0.243 e. The minimum Gasteiger partial charge on any atom is -0.350 e. The van der Waals surface area contributed by atoms with Crippen molar-refractivity contribution in [2.45, 2.75) is 64.9 Å². The lowest BCUT2D eigenvalue weighted by molar-refractivity contribution is -0.140. The minimum atomic E-state index is -0.694. The van der Waals surface area contributed by atoms with Crippen LogP contribution in [0.2, 0.25) is 10.0 Å². The lowest BCUT2D eigenvalue weighted by Crippen LogP contribution is -2.54. The van der Waals surface area contributed by atoms with Gasteiger partial charge in [0.2, 0.25) is 11.8 Å². The van der Waals surface area contributed by atoms with Gasteiger partial charge in [0.05, 0.1) is 15.8 Å². The molecule has 0 aliphatic heterocycles. The molecule has 0 aromatic heterocycles. The SMILES string of the molecule is Cc1cc(C)cc(CSCC(=O)N(Cc2ccc(Cl)c(Cl)c2)[C@H](Cc2ccccc2)C(=O)NC(C)(C)C)c1. The zero-order chi connectivity index (χ0) is 27.9. The summed E-state index contributed by atoms with van der Waals surface area (Å²) in [5, 5.41) is 3.95. The van der Waals surface area contributed by atoms with Gasteiger partial charge in [0.1, 0.15) is 6.04 Å². The van der Waals surface area contributed by atoms with E-state index in [-0.39, 0.29) is 24.1 Å². The van der Waals surface area contributed by atoms with Gasteiger partial charge >= 0.3 is 0 Å². The van der Waals surface area contributed by atoms with E-state index in [0.717, 1.165) is 11.1 Å². The highest BCUT2D eigenvalue weighted by Crippen LogP contribution is 2.25. The standard InChI is InChI=1S/C31H36Cl2N2O2S/c1-21-13-22(2)15-25(14-21)19-38-20-29(36)35(18-24-11-12-26(32)27(33)16-24)28(30(37)34-31(3,4)5)17-23-9-7-6-8-10-23/h6-16,28H,17-20H2,1-5H3,(H,34,37)/t28-/m1/s1. The topological polar surface area (TPSA) is 49.4 Å². The predicted molar refractivity (Wildman–Crippen MR) is 161 cm³/mol. The maximum atomic E-state index is 13.8. The van der Waals surface area contributed by atoms with Crippen molar-refractivity contribution in [1.29, 1.82) is 0 Å². The minimum absolute atomic E-state index is 0.101. The van der Waals surface area contributed by atoms with Crippen molar-refractivity contribution < 1.29 is 9.59 Å². The first-order valence-corrected chi connectivity index (χ1v) is 14.6. The molecule has 0 bridgehead atoms. The van der Waals surface area contributed by atoms with Crippen molar-refractivity contribution in [3.63, 3.8) is 0 Å². The molecule has 0 fully saturated rings. The van der Waals surface area contributed by atoms with Crippen molar-refractivity contribution in [3.8, 4) is 0 Å². The van der Waals surface area contributed by atoms with Crippen LogP contribution in [-0.4, -0.2) is 34.0 Å². The van der Waals surface area contributed by atoms with Crippen molar-refractivity contribution in [2.24, 2.45) is 0 Å². The number of thioether (sulfide) groups is 1. The number of rotatable bonds is 10. The number of carbonyl (C=O) groups excluding carboxylic acids is 2. The molecule has 0 radical (unpaired) electrons. The number of hydrogen-bond acceptors (Lipinski definition) is 3. The number of nitrogens with zero attached hydrogens (tertiary/aromatic N) is 1. The molecule has 7 heteroatoms. The Labute approximate surface area is 241 Å². The van der Waals surface area contributed by atoms with Crippen LogP contribution >= 0.6 is 35.0 Å². The molecule has 2 amide bonds. The largest absolute Gasteiger partial charge is 0.350 e. The van der Waals surface area contributed by atoms with E-state index in [0.29, 0.717) is 22.2 Å². The highest BCUT2D eigenvalue weighted by atomic mass is 35.5. The lowest BCUT2D eigenvalue weighted by Gasteiger charge is -2.34. The number of nitrogens with one attached hydrogen (secondary N) is 1. The number of halogens is 2. The Hall–Kier alpha value is -2.47. The van der Waals surface area contributed by atoms with E-state index in [1.807, 2.05) is 57.2 Å². The summed E-state index contributed by atoms with van der Waals surface area (Å²) in [7, 11) is 0. The number of aryl methyl sites for hydroxylation is 2.